The molecule has 258 valence electrons. The van der Waals surface area contributed by atoms with E-state index in [1.54, 1.807) is 23.2 Å². The lowest BCUT2D eigenvalue weighted by atomic mass is 9.87. The SMILES string of the molecule is CC(C)(C)C=C(C#N)C(=O)N1CCC[C@@H]1Cn1c(NC(=O)c2ccc(-c3cnco3)s2)nc2cc(CN[C@H](COC=O)C(C)(C)C)ccc21. The summed E-state index contributed by atoms with van der Waals surface area (Å²) in [5.41, 5.74) is 2.10. The number of benzene rings is 1. The van der Waals surface area contributed by atoms with Gasteiger partial charge in [0.1, 0.15) is 18.2 Å². The largest absolute Gasteiger partial charge is 0.466 e. The maximum Gasteiger partial charge on any atom is 0.293 e. The number of thiophene rings is 1. The van der Waals surface area contributed by atoms with Crippen LogP contribution in [0.4, 0.5) is 5.95 Å². The lowest BCUT2D eigenvalue weighted by Gasteiger charge is -2.30. The van der Waals surface area contributed by atoms with Crippen LogP contribution in [0.1, 0.15) is 69.6 Å². The average molecular weight is 686 g/mol. The number of rotatable bonds is 12. The molecular weight excluding hydrogens is 643 g/mol. The fourth-order valence-electron chi connectivity index (χ4n) is 5.88. The number of likely N-dealkylation sites (tertiary alicyclic amines) is 1. The fourth-order valence-corrected chi connectivity index (χ4v) is 6.74. The molecule has 13 heteroatoms. The van der Waals surface area contributed by atoms with E-state index in [0.29, 0.717) is 48.2 Å². The van der Waals surface area contributed by atoms with Gasteiger partial charge >= 0.3 is 0 Å². The van der Waals surface area contributed by atoms with Crippen molar-refractivity contribution >= 4 is 46.6 Å². The number of fused-ring (bicyclic) bond motifs is 1. The Balaban J connectivity index is 1.45. The highest BCUT2D eigenvalue weighted by Gasteiger charge is 2.33. The number of nitrogens with zero attached hydrogens (tertiary/aromatic N) is 5. The van der Waals surface area contributed by atoms with Gasteiger partial charge in [0.2, 0.25) is 5.95 Å². The van der Waals surface area contributed by atoms with Gasteiger partial charge in [0, 0.05) is 25.7 Å². The summed E-state index contributed by atoms with van der Waals surface area (Å²) in [5, 5.41) is 16.4. The minimum absolute atomic E-state index is 0.0787. The third kappa shape index (κ3) is 8.63. The van der Waals surface area contributed by atoms with Crippen molar-refractivity contribution in [3.63, 3.8) is 0 Å². The Kier molecular flexibility index (Phi) is 10.7. The smallest absolute Gasteiger partial charge is 0.293 e. The molecule has 2 amide bonds. The molecule has 1 aromatic carbocycles. The second-order valence-electron chi connectivity index (χ2n) is 14.4. The van der Waals surface area contributed by atoms with E-state index in [1.165, 1.54) is 17.7 Å². The summed E-state index contributed by atoms with van der Waals surface area (Å²) in [6.45, 7) is 14.3. The first-order valence-electron chi connectivity index (χ1n) is 16.3. The standard InChI is InChI=1S/C36H43N7O5S/c1-35(2,3)15-24(16-37)33(46)42-13-7-8-25(42)19-43-27-10-9-23(17-39-31(20-47-22-44)36(4,5)6)14-26(27)40-34(43)41-32(45)30-12-11-29(49-30)28-18-38-21-48-28/h9-12,14-15,18,21-22,25,31,39H,7-8,13,17,19-20H2,1-6H3,(H,40,41,45)/t25-,31-/m1/s1. The van der Waals surface area contributed by atoms with E-state index in [0.717, 1.165) is 28.8 Å². The number of carbonyl (C=O) groups is 3. The number of aromatic nitrogens is 3. The summed E-state index contributed by atoms with van der Waals surface area (Å²) >= 11 is 1.28. The van der Waals surface area contributed by atoms with Crippen LogP contribution < -0.4 is 10.6 Å². The molecule has 1 aliphatic heterocycles. The number of hydrogen-bond acceptors (Lipinski definition) is 10. The van der Waals surface area contributed by atoms with Gasteiger partial charge < -0.3 is 23.9 Å². The Morgan fingerprint density at radius 3 is 2.67 bits per heavy atom. The van der Waals surface area contributed by atoms with Crippen molar-refractivity contribution in [3.8, 4) is 16.7 Å². The molecular formula is C36H43N7O5S. The van der Waals surface area contributed by atoms with E-state index in [2.05, 4.69) is 42.5 Å². The van der Waals surface area contributed by atoms with Crippen molar-refractivity contribution in [3.05, 3.63) is 65.0 Å². The van der Waals surface area contributed by atoms with Crippen LogP contribution in [0, 0.1) is 22.2 Å². The molecule has 12 nitrogen and oxygen atoms in total. The maximum absolute atomic E-state index is 13.6. The lowest BCUT2D eigenvalue weighted by Crippen LogP contribution is -2.43. The van der Waals surface area contributed by atoms with Gasteiger partial charge in [0.05, 0.1) is 33.0 Å². The summed E-state index contributed by atoms with van der Waals surface area (Å²) in [6.07, 6.45) is 6.22. The molecule has 0 spiro atoms. The zero-order valence-corrected chi connectivity index (χ0v) is 29.6. The number of nitriles is 1. The van der Waals surface area contributed by atoms with E-state index in [9.17, 15) is 19.6 Å². The minimum atomic E-state index is -0.329. The van der Waals surface area contributed by atoms with Crippen LogP contribution in [0.15, 0.2) is 59.0 Å². The van der Waals surface area contributed by atoms with Crippen molar-refractivity contribution in [2.45, 2.75) is 79.6 Å². The van der Waals surface area contributed by atoms with E-state index in [-0.39, 0.29) is 46.9 Å². The number of carbonyl (C=O) groups excluding carboxylic acids is 3. The first-order chi connectivity index (χ1) is 23.3. The maximum atomic E-state index is 13.6. The summed E-state index contributed by atoms with van der Waals surface area (Å²) in [5.74, 6) is 0.328. The molecule has 1 fully saturated rings. The number of ether oxygens (including phenoxy) is 1. The molecule has 0 unspecified atom stereocenters. The highest BCUT2D eigenvalue weighted by molar-refractivity contribution is 7.17. The number of hydrogen-bond donors (Lipinski definition) is 2. The number of amides is 2. The van der Waals surface area contributed by atoms with Crippen molar-refractivity contribution in [2.75, 3.05) is 18.5 Å². The van der Waals surface area contributed by atoms with Crippen LogP contribution in [-0.4, -0.2) is 63.0 Å². The van der Waals surface area contributed by atoms with Gasteiger partial charge in [-0.25, -0.2) is 9.97 Å². The van der Waals surface area contributed by atoms with E-state index in [4.69, 9.17) is 14.1 Å². The Hall–Kier alpha value is -4.80. The summed E-state index contributed by atoms with van der Waals surface area (Å²) in [4.78, 5) is 49.9. The molecule has 3 aromatic heterocycles. The quantitative estimate of drug-likeness (QED) is 0.101. The third-order valence-electron chi connectivity index (χ3n) is 8.43. The number of oxazole rings is 1. The molecule has 0 saturated carbocycles. The average Bonchev–Trinajstić information content (AvgIpc) is 3.86. The van der Waals surface area contributed by atoms with Gasteiger partial charge in [-0.3, -0.25) is 19.7 Å². The summed E-state index contributed by atoms with van der Waals surface area (Å²) in [6, 6.07) is 11.3. The molecule has 0 bridgehead atoms. The monoisotopic (exact) mass is 685 g/mol. The molecule has 0 radical (unpaired) electrons. The third-order valence-corrected chi connectivity index (χ3v) is 9.53. The van der Waals surface area contributed by atoms with Crippen LogP contribution in [0.5, 0.6) is 0 Å². The van der Waals surface area contributed by atoms with Gasteiger partial charge in [0.15, 0.2) is 12.2 Å². The van der Waals surface area contributed by atoms with E-state index < -0.39 is 0 Å². The van der Waals surface area contributed by atoms with Gasteiger partial charge in [0.25, 0.3) is 18.3 Å². The molecule has 0 aliphatic carbocycles. The highest BCUT2D eigenvalue weighted by Crippen LogP contribution is 2.31. The second kappa shape index (κ2) is 14.8. The van der Waals surface area contributed by atoms with Gasteiger partial charge in [-0.1, -0.05) is 53.7 Å². The Morgan fingerprint density at radius 1 is 1.20 bits per heavy atom. The number of anilines is 1. The minimum Gasteiger partial charge on any atom is -0.466 e. The van der Waals surface area contributed by atoms with Crippen molar-refractivity contribution < 1.29 is 23.5 Å². The Labute approximate surface area is 290 Å². The Bertz CT molecular complexity index is 1870. The molecule has 4 heterocycles. The lowest BCUT2D eigenvalue weighted by molar-refractivity contribution is -0.130. The van der Waals surface area contributed by atoms with Crippen molar-refractivity contribution in [2.24, 2.45) is 10.8 Å². The molecule has 1 aliphatic rings. The predicted octanol–water partition coefficient (Wildman–Crippen LogP) is 6.17. The topological polar surface area (TPSA) is 155 Å². The van der Waals surface area contributed by atoms with Crippen LogP contribution >= 0.6 is 11.3 Å². The highest BCUT2D eigenvalue weighted by atomic mass is 32.1. The van der Waals surface area contributed by atoms with Crippen molar-refractivity contribution in [1.29, 1.82) is 5.26 Å². The zero-order chi connectivity index (χ0) is 35.3. The Morgan fingerprint density at radius 2 is 2.00 bits per heavy atom. The number of allylic oxidation sites excluding steroid dienone is 1. The molecule has 49 heavy (non-hydrogen) atoms. The molecule has 2 atom stereocenters. The normalized spacial score (nSPS) is 16.1. The first kappa shape index (κ1) is 35.5. The van der Waals surface area contributed by atoms with Gasteiger partial charge in [-0.15, -0.1) is 11.3 Å². The molecule has 1 saturated heterocycles. The van der Waals surface area contributed by atoms with E-state index >= 15 is 0 Å². The summed E-state index contributed by atoms with van der Waals surface area (Å²) in [7, 11) is 0. The van der Waals surface area contributed by atoms with Gasteiger partial charge in [-0.2, -0.15) is 5.26 Å². The van der Waals surface area contributed by atoms with Crippen LogP contribution in [0.25, 0.3) is 21.7 Å². The second-order valence-corrected chi connectivity index (χ2v) is 15.5. The number of nitrogens with one attached hydrogen (secondary N) is 2. The summed E-state index contributed by atoms with van der Waals surface area (Å²) < 4.78 is 12.4. The molecule has 2 N–H and O–H groups in total. The fraction of sp³-hybridized carbons (Fsp3) is 0.444. The predicted molar refractivity (Wildman–Crippen MR) is 187 cm³/mol. The van der Waals surface area contributed by atoms with Crippen LogP contribution in [0.2, 0.25) is 0 Å². The van der Waals surface area contributed by atoms with E-state index in [1.807, 2.05) is 49.6 Å². The zero-order valence-electron chi connectivity index (χ0n) is 28.8. The van der Waals surface area contributed by atoms with Crippen molar-refractivity contribution in [1.82, 2.24) is 24.8 Å². The van der Waals surface area contributed by atoms with Crippen LogP contribution in [-0.2, 0) is 27.4 Å². The number of imidazole rings is 1. The van der Waals surface area contributed by atoms with Crippen LogP contribution in [0.3, 0.4) is 0 Å². The van der Waals surface area contributed by atoms with Gasteiger partial charge in [-0.05, 0) is 53.5 Å². The molecule has 5 rings (SSSR count). The first-order valence-corrected chi connectivity index (χ1v) is 17.1. The molecule has 4 aromatic rings.